The minimum Gasteiger partial charge on any atom is -0.497 e. The summed E-state index contributed by atoms with van der Waals surface area (Å²) in [4.78, 5) is 29.0. The van der Waals surface area contributed by atoms with Crippen LogP contribution in [0.15, 0.2) is 66.1 Å². The fourth-order valence-electron chi connectivity index (χ4n) is 3.91. The summed E-state index contributed by atoms with van der Waals surface area (Å²) in [5.41, 5.74) is 2.16. The van der Waals surface area contributed by atoms with Gasteiger partial charge in [-0.05, 0) is 42.7 Å². The van der Waals surface area contributed by atoms with Gasteiger partial charge in [-0.25, -0.2) is 0 Å². The van der Waals surface area contributed by atoms with E-state index in [1.807, 2.05) is 56.8 Å². The van der Waals surface area contributed by atoms with Gasteiger partial charge in [-0.1, -0.05) is 42.1 Å². The van der Waals surface area contributed by atoms with Gasteiger partial charge in [0.1, 0.15) is 12.1 Å². The predicted octanol–water partition coefficient (Wildman–Crippen LogP) is 3.06. The molecule has 2 aromatic carbocycles. The highest BCUT2D eigenvalue weighted by Crippen LogP contribution is 2.22. The lowest BCUT2D eigenvalue weighted by Gasteiger charge is -2.34. The Morgan fingerprint density at radius 1 is 0.941 bits per heavy atom. The molecule has 1 fully saturated rings. The van der Waals surface area contributed by atoms with Gasteiger partial charge >= 0.3 is 0 Å². The van der Waals surface area contributed by atoms with Crippen LogP contribution in [0.25, 0.3) is 5.69 Å². The van der Waals surface area contributed by atoms with Crippen LogP contribution >= 0.6 is 11.8 Å². The molecule has 2 amide bonds. The smallest absolute Gasteiger partial charge is 0.233 e. The zero-order valence-corrected chi connectivity index (χ0v) is 20.1. The Bertz CT molecular complexity index is 1080. The van der Waals surface area contributed by atoms with E-state index in [2.05, 4.69) is 22.3 Å². The lowest BCUT2D eigenvalue weighted by Crippen LogP contribution is -2.51. The molecule has 0 atom stereocenters. The van der Waals surface area contributed by atoms with Gasteiger partial charge in [0, 0.05) is 38.3 Å². The molecule has 1 aliphatic heterocycles. The molecule has 178 valence electrons. The summed E-state index contributed by atoms with van der Waals surface area (Å²) >= 11 is 1.36. The number of rotatable bonds is 9. The molecule has 1 saturated heterocycles. The second kappa shape index (κ2) is 11.7. The Morgan fingerprint density at radius 3 is 2.29 bits per heavy atom. The van der Waals surface area contributed by atoms with Crippen molar-refractivity contribution in [2.75, 3.05) is 39.0 Å². The van der Waals surface area contributed by atoms with E-state index in [1.54, 1.807) is 13.4 Å². The van der Waals surface area contributed by atoms with Crippen LogP contribution in [0, 0.1) is 0 Å². The zero-order chi connectivity index (χ0) is 23.8. The molecule has 1 aromatic heterocycles. The van der Waals surface area contributed by atoms with Crippen molar-refractivity contribution in [1.29, 1.82) is 0 Å². The van der Waals surface area contributed by atoms with Gasteiger partial charge in [-0.15, -0.1) is 10.2 Å². The highest BCUT2D eigenvalue weighted by molar-refractivity contribution is 7.99. The fourth-order valence-corrected chi connectivity index (χ4v) is 4.74. The molecule has 2 heterocycles. The molecular weight excluding hydrogens is 450 g/mol. The molecule has 8 nitrogen and oxygen atoms in total. The first-order chi connectivity index (χ1) is 16.6. The summed E-state index contributed by atoms with van der Waals surface area (Å²) in [6.07, 6.45) is 3.92. The van der Waals surface area contributed by atoms with Crippen LogP contribution in [0.3, 0.4) is 0 Å². The number of aryl methyl sites for hydroxylation is 1. The molecule has 1 aliphatic rings. The molecule has 4 rings (SSSR count). The number of carbonyl (C=O) groups is 2. The van der Waals surface area contributed by atoms with Crippen molar-refractivity contribution in [1.82, 2.24) is 24.6 Å². The highest BCUT2D eigenvalue weighted by Gasteiger charge is 2.24. The van der Waals surface area contributed by atoms with E-state index in [0.29, 0.717) is 37.8 Å². The Hall–Kier alpha value is -3.33. The molecule has 0 radical (unpaired) electrons. The molecule has 9 heteroatoms. The van der Waals surface area contributed by atoms with Gasteiger partial charge in [0.15, 0.2) is 5.16 Å². The number of aromatic nitrogens is 3. The number of carbonyl (C=O) groups excluding carboxylic acids is 2. The summed E-state index contributed by atoms with van der Waals surface area (Å²) in [5, 5.41) is 8.81. The number of amides is 2. The van der Waals surface area contributed by atoms with Crippen LogP contribution in [0.4, 0.5) is 0 Å². The lowest BCUT2D eigenvalue weighted by molar-refractivity contribution is -0.138. The van der Waals surface area contributed by atoms with Crippen LogP contribution in [0.5, 0.6) is 5.75 Å². The highest BCUT2D eigenvalue weighted by atomic mass is 32.2. The summed E-state index contributed by atoms with van der Waals surface area (Å²) in [6, 6.07) is 17.8. The average Bonchev–Trinajstić information content (AvgIpc) is 3.36. The Balaban J connectivity index is 1.21. The first-order valence-electron chi connectivity index (χ1n) is 11.4. The average molecular weight is 480 g/mol. The van der Waals surface area contributed by atoms with Gasteiger partial charge in [-0.2, -0.15) is 0 Å². The molecule has 0 bridgehead atoms. The normalized spacial score (nSPS) is 13.7. The van der Waals surface area contributed by atoms with Gasteiger partial charge in [-0.3, -0.25) is 14.2 Å². The quantitative estimate of drug-likeness (QED) is 0.439. The fraction of sp³-hybridized carbons (Fsp3) is 0.360. The van der Waals surface area contributed by atoms with Gasteiger partial charge in [0.2, 0.25) is 11.8 Å². The van der Waals surface area contributed by atoms with E-state index in [1.165, 1.54) is 17.3 Å². The van der Waals surface area contributed by atoms with Crippen molar-refractivity contribution in [2.24, 2.45) is 0 Å². The van der Waals surface area contributed by atoms with Crippen LogP contribution < -0.4 is 4.74 Å². The van der Waals surface area contributed by atoms with Crippen molar-refractivity contribution < 1.29 is 14.3 Å². The molecule has 0 spiro atoms. The molecular formula is C25H29N5O3S. The Kier molecular flexibility index (Phi) is 8.19. The number of benzene rings is 2. The first kappa shape index (κ1) is 23.8. The van der Waals surface area contributed by atoms with Gasteiger partial charge in [0.05, 0.1) is 12.9 Å². The number of methoxy groups -OCH3 is 1. The molecule has 0 aliphatic carbocycles. The van der Waals surface area contributed by atoms with Crippen molar-refractivity contribution >= 4 is 23.6 Å². The van der Waals surface area contributed by atoms with Crippen LogP contribution in [0.1, 0.15) is 18.4 Å². The SMILES string of the molecule is COc1ccc(-n2cnnc2SCC(=O)N2CCN(C(=O)CCCc3ccccc3)CC2)cc1. The number of ether oxygens (including phenoxy) is 1. The Morgan fingerprint density at radius 2 is 1.62 bits per heavy atom. The molecule has 0 unspecified atom stereocenters. The van der Waals surface area contributed by atoms with Crippen LogP contribution in [0.2, 0.25) is 0 Å². The molecule has 0 N–H and O–H groups in total. The van der Waals surface area contributed by atoms with Crippen molar-refractivity contribution in [3.63, 3.8) is 0 Å². The molecule has 0 saturated carbocycles. The zero-order valence-electron chi connectivity index (χ0n) is 19.3. The Labute approximate surface area is 203 Å². The largest absolute Gasteiger partial charge is 0.497 e. The second-order valence-corrected chi connectivity index (χ2v) is 9.01. The van der Waals surface area contributed by atoms with Gasteiger partial charge < -0.3 is 14.5 Å². The summed E-state index contributed by atoms with van der Waals surface area (Å²) in [5.74, 6) is 1.27. The molecule has 34 heavy (non-hydrogen) atoms. The third-order valence-corrected chi connectivity index (χ3v) is 6.80. The summed E-state index contributed by atoms with van der Waals surface area (Å²) in [6.45, 7) is 2.30. The minimum atomic E-state index is 0.0467. The van der Waals surface area contributed by atoms with Crippen LogP contribution in [-0.4, -0.2) is 75.4 Å². The van der Waals surface area contributed by atoms with E-state index in [-0.39, 0.29) is 17.6 Å². The summed E-state index contributed by atoms with van der Waals surface area (Å²) in [7, 11) is 1.63. The first-order valence-corrected chi connectivity index (χ1v) is 12.4. The lowest BCUT2D eigenvalue weighted by atomic mass is 10.1. The maximum absolute atomic E-state index is 12.8. The molecule has 3 aromatic rings. The second-order valence-electron chi connectivity index (χ2n) is 8.07. The monoisotopic (exact) mass is 479 g/mol. The standard InChI is InChI=1S/C25H29N5O3S/c1-33-22-12-10-21(11-13-22)30-19-26-27-25(30)34-18-24(32)29-16-14-28(15-17-29)23(31)9-5-8-20-6-3-2-4-7-20/h2-4,6-7,10-13,19H,5,8-9,14-18H2,1H3. The minimum absolute atomic E-state index is 0.0467. The number of hydrogen-bond acceptors (Lipinski definition) is 6. The third kappa shape index (κ3) is 6.17. The van der Waals surface area contributed by atoms with E-state index < -0.39 is 0 Å². The number of hydrogen-bond donors (Lipinski definition) is 0. The van der Waals surface area contributed by atoms with Crippen molar-refractivity contribution in [3.05, 3.63) is 66.5 Å². The topological polar surface area (TPSA) is 80.6 Å². The maximum Gasteiger partial charge on any atom is 0.233 e. The van der Waals surface area contributed by atoms with E-state index in [9.17, 15) is 9.59 Å². The number of thioether (sulfide) groups is 1. The maximum atomic E-state index is 12.8. The van der Waals surface area contributed by atoms with Crippen molar-refractivity contribution in [3.8, 4) is 11.4 Å². The summed E-state index contributed by atoms with van der Waals surface area (Å²) < 4.78 is 7.05. The number of piperazine rings is 1. The van der Waals surface area contributed by atoms with E-state index in [4.69, 9.17) is 4.74 Å². The van der Waals surface area contributed by atoms with E-state index >= 15 is 0 Å². The van der Waals surface area contributed by atoms with Gasteiger partial charge in [0.25, 0.3) is 0 Å². The number of nitrogens with zero attached hydrogens (tertiary/aromatic N) is 5. The predicted molar refractivity (Wildman–Crippen MR) is 131 cm³/mol. The van der Waals surface area contributed by atoms with Crippen LogP contribution in [-0.2, 0) is 16.0 Å². The third-order valence-electron chi connectivity index (χ3n) is 5.88. The van der Waals surface area contributed by atoms with Crippen molar-refractivity contribution in [2.45, 2.75) is 24.4 Å². The van der Waals surface area contributed by atoms with E-state index in [0.717, 1.165) is 24.3 Å².